The maximum atomic E-state index is 13.5. The molecule has 0 unspecified atom stereocenters. The molecule has 3 aliphatic rings. The highest BCUT2D eigenvalue weighted by Crippen LogP contribution is 2.41. The highest BCUT2D eigenvalue weighted by Gasteiger charge is 2.41. The molecule has 2 fully saturated rings. The van der Waals surface area contributed by atoms with E-state index in [1.165, 1.54) is 19.3 Å². The quantitative estimate of drug-likeness (QED) is 0.732. The molecule has 2 aliphatic heterocycles. The number of piperidine rings is 1. The zero-order valence-corrected chi connectivity index (χ0v) is 16.5. The number of morpholine rings is 1. The topological polar surface area (TPSA) is 32.8 Å². The fourth-order valence-electron chi connectivity index (χ4n) is 5.20. The van der Waals surface area contributed by atoms with Crippen LogP contribution < -0.4 is 0 Å². The molecule has 4 atom stereocenters. The van der Waals surface area contributed by atoms with Crippen LogP contribution in [-0.2, 0) is 9.53 Å². The monoisotopic (exact) mass is 348 g/mol. The smallest absolute Gasteiger partial charge is 0.240 e. The van der Waals surface area contributed by atoms with E-state index < -0.39 is 0 Å². The van der Waals surface area contributed by atoms with Crippen molar-refractivity contribution in [1.29, 1.82) is 0 Å². The van der Waals surface area contributed by atoms with Gasteiger partial charge in [0, 0.05) is 26.2 Å². The first kappa shape index (κ1) is 18.9. The molecule has 25 heavy (non-hydrogen) atoms. The van der Waals surface area contributed by atoms with E-state index in [1.54, 1.807) is 0 Å². The fraction of sp³-hybridized carbons (Fsp3) is 0.857. The summed E-state index contributed by atoms with van der Waals surface area (Å²) in [6.45, 7) is 12.2. The maximum absolute atomic E-state index is 13.5. The third-order valence-electron chi connectivity index (χ3n) is 6.26. The van der Waals surface area contributed by atoms with E-state index in [-0.39, 0.29) is 18.2 Å². The maximum Gasteiger partial charge on any atom is 0.240 e. The standard InChI is InChI=1S/C21H36N2O2/c1-16(2)19(23-13-17(3)25-18(4)14-23)20(24)22-12-8-11-21(15-22)9-6-5-7-10-21/h5-6,16-19H,7-15H2,1-4H3/t17-,18+,19-,21-/m0/s1. The number of hydrogen-bond acceptors (Lipinski definition) is 3. The van der Waals surface area contributed by atoms with Gasteiger partial charge in [-0.25, -0.2) is 0 Å². The van der Waals surface area contributed by atoms with Gasteiger partial charge in [0.2, 0.25) is 5.91 Å². The molecule has 0 saturated carbocycles. The van der Waals surface area contributed by atoms with Gasteiger partial charge < -0.3 is 9.64 Å². The Morgan fingerprint density at radius 3 is 2.48 bits per heavy atom. The molecule has 0 aromatic rings. The Balaban J connectivity index is 1.73. The molecule has 1 aliphatic carbocycles. The predicted octanol–water partition coefficient (Wildman–Crippen LogP) is 3.47. The summed E-state index contributed by atoms with van der Waals surface area (Å²) in [6.07, 6.45) is 11.0. The van der Waals surface area contributed by atoms with Crippen molar-refractivity contribution in [3.05, 3.63) is 12.2 Å². The van der Waals surface area contributed by atoms with Crippen LogP contribution in [0.5, 0.6) is 0 Å². The second kappa shape index (κ2) is 7.79. The number of carbonyl (C=O) groups excluding carboxylic acids is 1. The van der Waals surface area contributed by atoms with E-state index in [0.29, 0.717) is 17.2 Å². The van der Waals surface area contributed by atoms with Crippen molar-refractivity contribution in [2.45, 2.75) is 78.0 Å². The highest BCUT2D eigenvalue weighted by molar-refractivity contribution is 5.82. The van der Waals surface area contributed by atoms with Crippen molar-refractivity contribution in [1.82, 2.24) is 9.80 Å². The van der Waals surface area contributed by atoms with E-state index in [2.05, 4.69) is 49.6 Å². The number of ether oxygens (including phenoxy) is 1. The van der Waals surface area contributed by atoms with Gasteiger partial charge in [-0.3, -0.25) is 9.69 Å². The average molecular weight is 349 g/mol. The van der Waals surface area contributed by atoms with Crippen molar-refractivity contribution in [3.63, 3.8) is 0 Å². The lowest BCUT2D eigenvalue weighted by atomic mass is 9.71. The summed E-state index contributed by atoms with van der Waals surface area (Å²) in [5.74, 6) is 0.680. The molecule has 0 N–H and O–H groups in total. The lowest BCUT2D eigenvalue weighted by Crippen LogP contribution is -2.59. The van der Waals surface area contributed by atoms with Crippen molar-refractivity contribution < 1.29 is 9.53 Å². The molecule has 0 aromatic heterocycles. The molecule has 142 valence electrons. The Kier molecular flexibility index (Phi) is 5.89. The first-order valence-corrected chi connectivity index (χ1v) is 10.2. The number of rotatable bonds is 3. The molecule has 0 aromatic carbocycles. The first-order chi connectivity index (χ1) is 11.9. The highest BCUT2D eigenvalue weighted by atomic mass is 16.5. The Labute approximate surface area is 153 Å². The van der Waals surface area contributed by atoms with Crippen LogP contribution in [0, 0.1) is 11.3 Å². The van der Waals surface area contributed by atoms with Crippen molar-refractivity contribution >= 4 is 5.91 Å². The zero-order chi connectivity index (χ0) is 18.0. The molecule has 2 saturated heterocycles. The second-order valence-corrected chi connectivity index (χ2v) is 8.98. The summed E-state index contributed by atoms with van der Waals surface area (Å²) in [7, 11) is 0. The van der Waals surface area contributed by atoms with Gasteiger partial charge in [-0.1, -0.05) is 26.0 Å². The van der Waals surface area contributed by atoms with Crippen molar-refractivity contribution in [2.24, 2.45) is 11.3 Å². The Bertz CT molecular complexity index is 494. The number of likely N-dealkylation sites (tertiary alicyclic amines) is 1. The van der Waals surface area contributed by atoms with E-state index in [0.717, 1.165) is 39.0 Å². The third kappa shape index (κ3) is 4.28. The minimum atomic E-state index is -0.0110. The molecule has 2 heterocycles. The van der Waals surface area contributed by atoms with Crippen LogP contribution in [-0.4, -0.2) is 60.1 Å². The molecule has 1 spiro atoms. The fourth-order valence-corrected chi connectivity index (χ4v) is 5.20. The second-order valence-electron chi connectivity index (χ2n) is 8.98. The summed E-state index contributed by atoms with van der Waals surface area (Å²) in [4.78, 5) is 18.1. The minimum Gasteiger partial charge on any atom is -0.373 e. The van der Waals surface area contributed by atoms with Gasteiger partial charge in [0.15, 0.2) is 0 Å². The lowest BCUT2D eigenvalue weighted by molar-refractivity contribution is -0.149. The van der Waals surface area contributed by atoms with Gasteiger partial charge in [-0.05, 0) is 57.3 Å². The van der Waals surface area contributed by atoms with Gasteiger partial charge >= 0.3 is 0 Å². The minimum absolute atomic E-state index is 0.0110. The van der Waals surface area contributed by atoms with Gasteiger partial charge in [-0.2, -0.15) is 0 Å². The van der Waals surface area contributed by atoms with Crippen LogP contribution in [0.2, 0.25) is 0 Å². The van der Waals surface area contributed by atoms with E-state index >= 15 is 0 Å². The predicted molar refractivity (Wildman–Crippen MR) is 101 cm³/mol. The molecular weight excluding hydrogens is 312 g/mol. The van der Waals surface area contributed by atoms with Crippen molar-refractivity contribution in [3.8, 4) is 0 Å². The molecule has 1 amide bonds. The molecule has 3 rings (SSSR count). The summed E-state index contributed by atoms with van der Waals surface area (Å²) in [5, 5.41) is 0. The van der Waals surface area contributed by atoms with Crippen LogP contribution in [0.3, 0.4) is 0 Å². The summed E-state index contributed by atoms with van der Waals surface area (Å²) >= 11 is 0. The molecular formula is C21H36N2O2. The number of amides is 1. The Morgan fingerprint density at radius 2 is 1.88 bits per heavy atom. The van der Waals surface area contributed by atoms with Gasteiger partial charge in [0.25, 0.3) is 0 Å². The van der Waals surface area contributed by atoms with Crippen LogP contribution in [0.4, 0.5) is 0 Å². The first-order valence-electron chi connectivity index (χ1n) is 10.2. The van der Waals surface area contributed by atoms with Crippen LogP contribution >= 0.6 is 0 Å². The zero-order valence-electron chi connectivity index (χ0n) is 16.5. The number of allylic oxidation sites excluding steroid dienone is 2. The van der Waals surface area contributed by atoms with Gasteiger partial charge in [-0.15, -0.1) is 0 Å². The van der Waals surface area contributed by atoms with Gasteiger partial charge in [0.05, 0.1) is 18.2 Å². The molecule has 0 radical (unpaired) electrons. The summed E-state index contributed by atoms with van der Waals surface area (Å²) in [6, 6.07) is -0.0110. The van der Waals surface area contributed by atoms with Crippen LogP contribution in [0.1, 0.15) is 59.8 Å². The largest absolute Gasteiger partial charge is 0.373 e. The van der Waals surface area contributed by atoms with E-state index in [1.807, 2.05) is 0 Å². The van der Waals surface area contributed by atoms with Crippen LogP contribution in [0.25, 0.3) is 0 Å². The normalized spacial score (nSPS) is 35.3. The number of hydrogen-bond donors (Lipinski definition) is 0. The third-order valence-corrected chi connectivity index (χ3v) is 6.26. The van der Waals surface area contributed by atoms with Crippen molar-refractivity contribution in [2.75, 3.05) is 26.2 Å². The summed E-state index contributed by atoms with van der Waals surface area (Å²) < 4.78 is 5.89. The lowest BCUT2D eigenvalue weighted by Gasteiger charge is -2.47. The SMILES string of the molecule is CC(C)[C@@H](C(=O)N1CCC[C@@]2(CC=CCC2)C1)N1C[C@@H](C)O[C@@H](C)C1. The Hall–Kier alpha value is -0.870. The van der Waals surface area contributed by atoms with Gasteiger partial charge in [0.1, 0.15) is 0 Å². The number of carbonyl (C=O) groups is 1. The van der Waals surface area contributed by atoms with E-state index in [4.69, 9.17) is 4.74 Å². The average Bonchev–Trinajstić information content (AvgIpc) is 2.54. The van der Waals surface area contributed by atoms with E-state index in [9.17, 15) is 4.79 Å². The molecule has 0 bridgehead atoms. The van der Waals surface area contributed by atoms with Crippen LogP contribution in [0.15, 0.2) is 12.2 Å². The molecule has 4 heteroatoms. The Morgan fingerprint density at radius 1 is 1.16 bits per heavy atom. The molecule has 4 nitrogen and oxygen atoms in total. The number of nitrogens with zero attached hydrogens (tertiary/aromatic N) is 2. The summed E-state index contributed by atoms with van der Waals surface area (Å²) in [5.41, 5.74) is 0.343.